The van der Waals surface area contributed by atoms with Crippen LogP contribution >= 0.6 is 11.6 Å². The molecule has 0 saturated heterocycles. The minimum Gasteiger partial charge on any atom is -0.326 e. The number of rotatable bonds is 2. The Labute approximate surface area is 100 Å². The Kier molecular flexibility index (Phi) is 3.22. The summed E-state index contributed by atoms with van der Waals surface area (Å²) in [4.78, 5) is 4.18. The summed E-state index contributed by atoms with van der Waals surface area (Å²) < 4.78 is 0. The summed E-state index contributed by atoms with van der Waals surface area (Å²) >= 11 is 5.95. The highest BCUT2D eigenvalue weighted by Crippen LogP contribution is 2.26. The maximum atomic E-state index is 5.95. The summed E-state index contributed by atoms with van der Waals surface area (Å²) in [5, 5.41) is 0.718. The molecule has 2 rings (SSSR count). The van der Waals surface area contributed by atoms with Crippen molar-refractivity contribution in [3.63, 3.8) is 0 Å². The fourth-order valence-electron chi connectivity index (χ4n) is 1.73. The van der Waals surface area contributed by atoms with Gasteiger partial charge in [0, 0.05) is 23.5 Å². The number of aromatic nitrogens is 1. The van der Waals surface area contributed by atoms with E-state index in [-0.39, 0.29) is 0 Å². The largest absolute Gasteiger partial charge is 0.326 e. The predicted molar refractivity (Wildman–Crippen MR) is 67.3 cm³/mol. The second kappa shape index (κ2) is 4.64. The Hall–Kier alpha value is -1.38. The van der Waals surface area contributed by atoms with Gasteiger partial charge < -0.3 is 5.73 Å². The molecule has 0 amide bonds. The first-order valence-corrected chi connectivity index (χ1v) is 5.50. The van der Waals surface area contributed by atoms with Crippen LogP contribution in [-0.2, 0) is 6.54 Å². The predicted octanol–water partition coefficient (Wildman–Crippen LogP) is 3.17. The number of benzene rings is 1. The Morgan fingerprint density at radius 3 is 2.75 bits per heavy atom. The third-order valence-electron chi connectivity index (χ3n) is 2.49. The van der Waals surface area contributed by atoms with Gasteiger partial charge in [-0.2, -0.15) is 0 Å². The number of hydrogen-bond donors (Lipinski definition) is 1. The maximum absolute atomic E-state index is 5.95. The third kappa shape index (κ3) is 2.23. The van der Waals surface area contributed by atoms with E-state index < -0.39 is 0 Å². The van der Waals surface area contributed by atoms with Gasteiger partial charge in [-0.1, -0.05) is 17.7 Å². The Balaban J connectivity index is 2.55. The van der Waals surface area contributed by atoms with E-state index in [0.29, 0.717) is 6.54 Å². The quantitative estimate of drug-likeness (QED) is 0.864. The van der Waals surface area contributed by atoms with Gasteiger partial charge >= 0.3 is 0 Å². The van der Waals surface area contributed by atoms with Crippen molar-refractivity contribution in [2.45, 2.75) is 13.5 Å². The zero-order valence-corrected chi connectivity index (χ0v) is 9.83. The molecule has 0 unspecified atom stereocenters. The minimum atomic E-state index is 0.483. The lowest BCUT2D eigenvalue weighted by Crippen LogP contribution is -1.99. The molecule has 2 aromatic rings. The monoisotopic (exact) mass is 232 g/mol. The van der Waals surface area contributed by atoms with Gasteiger partial charge in [0.1, 0.15) is 0 Å². The summed E-state index contributed by atoms with van der Waals surface area (Å²) in [6.07, 6.45) is 1.81. The van der Waals surface area contributed by atoms with Crippen LogP contribution < -0.4 is 5.73 Å². The second-order valence-electron chi connectivity index (χ2n) is 3.69. The molecule has 0 saturated carbocycles. The molecular weight excluding hydrogens is 220 g/mol. The van der Waals surface area contributed by atoms with Crippen LogP contribution in [0.1, 0.15) is 11.3 Å². The molecule has 0 aliphatic carbocycles. The minimum absolute atomic E-state index is 0.483. The van der Waals surface area contributed by atoms with E-state index in [1.807, 2.05) is 37.3 Å². The van der Waals surface area contributed by atoms with Gasteiger partial charge in [-0.05, 0) is 47.9 Å². The molecule has 1 heterocycles. The number of nitrogens with zero attached hydrogens (tertiary/aromatic N) is 1. The maximum Gasteiger partial charge on any atom is 0.0409 e. The standard InChI is InChI=1S/C13H13ClN2/c1-9-6-10(4-5-16-9)13-3-2-12(14)7-11(13)8-15/h2-7H,8,15H2,1H3. The van der Waals surface area contributed by atoms with Crippen molar-refractivity contribution < 1.29 is 0 Å². The molecule has 0 bridgehead atoms. The summed E-state index contributed by atoms with van der Waals surface area (Å²) in [7, 11) is 0. The molecule has 0 fully saturated rings. The molecule has 2 N–H and O–H groups in total. The lowest BCUT2D eigenvalue weighted by Gasteiger charge is -2.08. The van der Waals surface area contributed by atoms with E-state index in [2.05, 4.69) is 4.98 Å². The van der Waals surface area contributed by atoms with Crippen molar-refractivity contribution >= 4 is 11.6 Å². The van der Waals surface area contributed by atoms with Crippen LogP contribution in [0.15, 0.2) is 36.5 Å². The van der Waals surface area contributed by atoms with Crippen molar-refractivity contribution in [1.82, 2.24) is 4.98 Å². The first kappa shape index (κ1) is 11.1. The van der Waals surface area contributed by atoms with Crippen molar-refractivity contribution in [3.05, 3.63) is 52.8 Å². The first-order valence-electron chi connectivity index (χ1n) is 5.12. The number of nitrogens with two attached hydrogens (primary N) is 1. The van der Waals surface area contributed by atoms with Gasteiger partial charge in [0.05, 0.1) is 0 Å². The third-order valence-corrected chi connectivity index (χ3v) is 2.73. The van der Waals surface area contributed by atoms with Crippen LogP contribution in [0.25, 0.3) is 11.1 Å². The smallest absolute Gasteiger partial charge is 0.0409 e. The van der Waals surface area contributed by atoms with Crippen LogP contribution in [0.4, 0.5) is 0 Å². The fourth-order valence-corrected chi connectivity index (χ4v) is 1.92. The van der Waals surface area contributed by atoms with E-state index >= 15 is 0 Å². The number of halogens is 1. The van der Waals surface area contributed by atoms with Gasteiger partial charge in [0.15, 0.2) is 0 Å². The van der Waals surface area contributed by atoms with Gasteiger partial charge in [-0.3, -0.25) is 4.98 Å². The lowest BCUT2D eigenvalue weighted by molar-refractivity contribution is 1.07. The number of pyridine rings is 1. The van der Waals surface area contributed by atoms with Crippen molar-refractivity contribution in [3.8, 4) is 11.1 Å². The van der Waals surface area contributed by atoms with E-state index in [1.165, 1.54) is 0 Å². The van der Waals surface area contributed by atoms with Gasteiger partial charge in [-0.15, -0.1) is 0 Å². The van der Waals surface area contributed by atoms with Crippen LogP contribution in [0.2, 0.25) is 5.02 Å². The molecule has 0 radical (unpaired) electrons. The van der Waals surface area contributed by atoms with E-state index in [1.54, 1.807) is 6.20 Å². The molecule has 0 aliphatic rings. The molecule has 0 atom stereocenters. The zero-order chi connectivity index (χ0) is 11.5. The van der Waals surface area contributed by atoms with Crippen LogP contribution in [0.3, 0.4) is 0 Å². The summed E-state index contributed by atoms with van der Waals surface area (Å²) in [5.74, 6) is 0. The molecule has 3 heteroatoms. The molecular formula is C13H13ClN2. The summed E-state index contributed by atoms with van der Waals surface area (Å²) in [6.45, 7) is 2.46. The highest BCUT2D eigenvalue weighted by Gasteiger charge is 2.04. The molecule has 0 aliphatic heterocycles. The van der Waals surface area contributed by atoms with Crippen molar-refractivity contribution in [2.24, 2.45) is 5.73 Å². The first-order chi connectivity index (χ1) is 7.70. The van der Waals surface area contributed by atoms with Crippen molar-refractivity contribution in [2.75, 3.05) is 0 Å². The Bertz CT molecular complexity index is 509. The highest BCUT2D eigenvalue weighted by atomic mass is 35.5. The SMILES string of the molecule is Cc1cc(-c2ccc(Cl)cc2CN)ccn1. The summed E-state index contributed by atoms with van der Waals surface area (Å²) in [6, 6.07) is 9.82. The lowest BCUT2D eigenvalue weighted by atomic mass is 10.00. The van der Waals surface area contributed by atoms with Crippen LogP contribution in [0.5, 0.6) is 0 Å². The molecule has 1 aromatic heterocycles. The van der Waals surface area contributed by atoms with Crippen LogP contribution in [0, 0.1) is 6.92 Å². The molecule has 2 nitrogen and oxygen atoms in total. The fraction of sp³-hybridized carbons (Fsp3) is 0.154. The molecule has 82 valence electrons. The van der Waals surface area contributed by atoms with Gasteiger partial charge in [-0.25, -0.2) is 0 Å². The van der Waals surface area contributed by atoms with E-state index in [9.17, 15) is 0 Å². The topological polar surface area (TPSA) is 38.9 Å². The zero-order valence-electron chi connectivity index (χ0n) is 9.07. The average molecular weight is 233 g/mol. The van der Waals surface area contributed by atoms with Crippen LogP contribution in [-0.4, -0.2) is 4.98 Å². The average Bonchev–Trinajstić information content (AvgIpc) is 2.28. The molecule has 0 spiro atoms. The number of hydrogen-bond acceptors (Lipinski definition) is 2. The second-order valence-corrected chi connectivity index (χ2v) is 4.13. The van der Waals surface area contributed by atoms with E-state index in [0.717, 1.165) is 27.4 Å². The molecule has 1 aromatic carbocycles. The number of aryl methyl sites for hydroxylation is 1. The van der Waals surface area contributed by atoms with Crippen molar-refractivity contribution in [1.29, 1.82) is 0 Å². The van der Waals surface area contributed by atoms with Gasteiger partial charge in [0.2, 0.25) is 0 Å². The highest BCUT2D eigenvalue weighted by molar-refractivity contribution is 6.30. The van der Waals surface area contributed by atoms with E-state index in [4.69, 9.17) is 17.3 Å². The summed E-state index contributed by atoms with van der Waals surface area (Å²) in [5.41, 5.74) is 10.0. The Morgan fingerprint density at radius 2 is 2.06 bits per heavy atom. The van der Waals surface area contributed by atoms with Gasteiger partial charge in [0.25, 0.3) is 0 Å². The normalized spacial score (nSPS) is 10.4. The molecule has 16 heavy (non-hydrogen) atoms. The Morgan fingerprint density at radius 1 is 1.25 bits per heavy atom.